The summed E-state index contributed by atoms with van der Waals surface area (Å²) in [5, 5.41) is 11.9. The summed E-state index contributed by atoms with van der Waals surface area (Å²) < 4.78 is 0. The number of nitrogens with one attached hydrogen (secondary N) is 1. The largest absolute Gasteiger partial charge is 0.382 e. The molecule has 106 valence electrons. The fourth-order valence-electron chi connectivity index (χ4n) is 3.05. The zero-order chi connectivity index (χ0) is 13.8. The molecule has 1 aliphatic carbocycles. The van der Waals surface area contributed by atoms with Gasteiger partial charge in [0.15, 0.2) is 0 Å². The number of rotatable bonds is 4. The minimum Gasteiger partial charge on any atom is -0.382 e. The van der Waals surface area contributed by atoms with Gasteiger partial charge in [0, 0.05) is 11.7 Å². The van der Waals surface area contributed by atoms with Crippen LogP contribution < -0.4 is 5.32 Å². The van der Waals surface area contributed by atoms with Gasteiger partial charge >= 0.3 is 0 Å². The molecular weight excluding hydrogens is 248 g/mol. The first-order valence-corrected chi connectivity index (χ1v) is 7.56. The molecule has 0 saturated heterocycles. The monoisotopic (exact) mass is 270 g/mol. The molecule has 4 heteroatoms. The molecule has 1 atom stereocenters. The van der Waals surface area contributed by atoms with Crippen molar-refractivity contribution in [1.82, 2.24) is 15.0 Å². The van der Waals surface area contributed by atoms with Gasteiger partial charge < -0.3 is 5.32 Å². The normalized spacial score (nSPS) is 17.9. The summed E-state index contributed by atoms with van der Waals surface area (Å²) in [7, 11) is 0. The second kappa shape index (κ2) is 6.07. The van der Waals surface area contributed by atoms with E-state index < -0.39 is 0 Å². The highest BCUT2D eigenvalue weighted by molar-refractivity contribution is 5.48. The van der Waals surface area contributed by atoms with Crippen molar-refractivity contribution < 1.29 is 0 Å². The van der Waals surface area contributed by atoms with Crippen molar-refractivity contribution in [1.29, 1.82) is 0 Å². The van der Waals surface area contributed by atoms with E-state index in [2.05, 4.69) is 46.7 Å². The van der Waals surface area contributed by atoms with Crippen molar-refractivity contribution in [3.8, 4) is 5.69 Å². The molecule has 1 N–H and O–H groups in total. The summed E-state index contributed by atoms with van der Waals surface area (Å²) >= 11 is 0. The Bertz CT molecular complexity index is 512. The van der Waals surface area contributed by atoms with Crippen LogP contribution in [-0.4, -0.2) is 21.0 Å². The predicted octanol–water partition coefficient (Wildman–Crippen LogP) is 3.65. The van der Waals surface area contributed by atoms with Crippen molar-refractivity contribution in [3.63, 3.8) is 0 Å². The second-order valence-corrected chi connectivity index (χ2v) is 5.70. The summed E-state index contributed by atoms with van der Waals surface area (Å²) in [6.45, 7) is 2.30. The SMILES string of the molecule is CC(Nc1ccc(-n2nccn2)cc1)C1CCCCC1. The lowest BCUT2D eigenvalue weighted by atomic mass is 9.84. The molecule has 0 amide bonds. The van der Waals surface area contributed by atoms with Gasteiger partial charge in [-0.05, 0) is 49.9 Å². The Morgan fingerprint density at radius 1 is 1.05 bits per heavy atom. The maximum atomic E-state index is 4.14. The van der Waals surface area contributed by atoms with Gasteiger partial charge in [-0.1, -0.05) is 19.3 Å². The van der Waals surface area contributed by atoms with E-state index >= 15 is 0 Å². The third-order valence-electron chi connectivity index (χ3n) is 4.27. The highest BCUT2D eigenvalue weighted by Gasteiger charge is 2.19. The molecule has 1 saturated carbocycles. The smallest absolute Gasteiger partial charge is 0.0858 e. The zero-order valence-corrected chi connectivity index (χ0v) is 12.0. The van der Waals surface area contributed by atoms with Crippen molar-refractivity contribution >= 4 is 5.69 Å². The van der Waals surface area contributed by atoms with Crippen molar-refractivity contribution in [3.05, 3.63) is 36.7 Å². The van der Waals surface area contributed by atoms with Crippen molar-refractivity contribution in [2.24, 2.45) is 5.92 Å². The molecule has 20 heavy (non-hydrogen) atoms. The van der Waals surface area contributed by atoms with Gasteiger partial charge in [0.05, 0.1) is 18.1 Å². The minimum atomic E-state index is 0.545. The Labute approximate surface area is 120 Å². The molecule has 1 heterocycles. The molecule has 1 fully saturated rings. The zero-order valence-electron chi connectivity index (χ0n) is 12.0. The van der Waals surface area contributed by atoms with E-state index in [0.29, 0.717) is 6.04 Å². The molecule has 0 bridgehead atoms. The van der Waals surface area contributed by atoms with Crippen LogP contribution in [-0.2, 0) is 0 Å². The van der Waals surface area contributed by atoms with Gasteiger partial charge in [-0.2, -0.15) is 15.0 Å². The summed E-state index contributed by atoms with van der Waals surface area (Å²) in [5.41, 5.74) is 2.17. The molecule has 0 spiro atoms. The Morgan fingerprint density at radius 2 is 1.70 bits per heavy atom. The first-order chi connectivity index (χ1) is 9.83. The Hall–Kier alpha value is -1.84. The lowest BCUT2D eigenvalue weighted by Crippen LogP contribution is -2.27. The molecule has 1 aromatic heterocycles. The van der Waals surface area contributed by atoms with E-state index in [-0.39, 0.29) is 0 Å². The van der Waals surface area contributed by atoms with Crippen LogP contribution in [0.3, 0.4) is 0 Å². The van der Waals surface area contributed by atoms with E-state index in [0.717, 1.165) is 11.6 Å². The van der Waals surface area contributed by atoms with E-state index in [9.17, 15) is 0 Å². The quantitative estimate of drug-likeness (QED) is 0.922. The number of benzene rings is 1. The third kappa shape index (κ3) is 3.00. The maximum Gasteiger partial charge on any atom is 0.0858 e. The summed E-state index contributed by atoms with van der Waals surface area (Å²) in [5.74, 6) is 0.816. The standard InChI is InChI=1S/C16H22N4/c1-13(14-5-3-2-4-6-14)19-15-7-9-16(10-8-15)20-17-11-12-18-20/h7-14,19H,2-6H2,1H3. The van der Waals surface area contributed by atoms with E-state index in [1.165, 1.54) is 37.8 Å². The lowest BCUT2D eigenvalue weighted by molar-refractivity contribution is 0.328. The molecule has 0 radical (unpaired) electrons. The summed E-state index contributed by atoms with van der Waals surface area (Å²) in [6, 6.07) is 8.87. The molecule has 1 unspecified atom stereocenters. The molecule has 1 aromatic carbocycles. The third-order valence-corrected chi connectivity index (χ3v) is 4.27. The van der Waals surface area contributed by atoms with Gasteiger partial charge in [-0.3, -0.25) is 0 Å². The Morgan fingerprint density at radius 3 is 2.35 bits per heavy atom. The van der Waals surface area contributed by atoms with Crippen LogP contribution in [0.4, 0.5) is 5.69 Å². The van der Waals surface area contributed by atoms with Gasteiger partial charge in [-0.25, -0.2) is 0 Å². The molecule has 4 nitrogen and oxygen atoms in total. The van der Waals surface area contributed by atoms with Crippen LogP contribution >= 0.6 is 0 Å². The van der Waals surface area contributed by atoms with Gasteiger partial charge in [0.25, 0.3) is 0 Å². The van der Waals surface area contributed by atoms with Crippen LogP contribution in [0, 0.1) is 5.92 Å². The maximum absolute atomic E-state index is 4.14. The Kier molecular flexibility index (Phi) is 4.00. The molecule has 2 aromatic rings. The van der Waals surface area contributed by atoms with E-state index in [4.69, 9.17) is 0 Å². The topological polar surface area (TPSA) is 42.7 Å². The second-order valence-electron chi connectivity index (χ2n) is 5.70. The van der Waals surface area contributed by atoms with Gasteiger partial charge in [0.1, 0.15) is 0 Å². The average Bonchev–Trinajstić information content (AvgIpc) is 3.03. The predicted molar refractivity (Wildman–Crippen MR) is 81.0 cm³/mol. The summed E-state index contributed by atoms with van der Waals surface area (Å²) in [6.07, 6.45) is 10.3. The average molecular weight is 270 g/mol. The molecule has 0 aliphatic heterocycles. The van der Waals surface area contributed by atoms with Crippen LogP contribution in [0.25, 0.3) is 5.69 Å². The first kappa shape index (κ1) is 13.2. The van der Waals surface area contributed by atoms with Crippen LogP contribution in [0.5, 0.6) is 0 Å². The molecule has 1 aliphatic rings. The number of nitrogens with zero attached hydrogens (tertiary/aromatic N) is 3. The van der Waals surface area contributed by atoms with Crippen LogP contribution in [0.1, 0.15) is 39.0 Å². The van der Waals surface area contributed by atoms with Gasteiger partial charge in [0.2, 0.25) is 0 Å². The minimum absolute atomic E-state index is 0.545. The molecular formula is C16H22N4. The van der Waals surface area contributed by atoms with Crippen molar-refractivity contribution in [2.45, 2.75) is 45.1 Å². The molecule has 3 rings (SSSR count). The number of hydrogen-bond donors (Lipinski definition) is 1. The van der Waals surface area contributed by atoms with E-state index in [1.54, 1.807) is 17.2 Å². The van der Waals surface area contributed by atoms with Crippen LogP contribution in [0.15, 0.2) is 36.7 Å². The van der Waals surface area contributed by atoms with Gasteiger partial charge in [-0.15, -0.1) is 0 Å². The fraction of sp³-hybridized carbons (Fsp3) is 0.500. The highest BCUT2D eigenvalue weighted by Crippen LogP contribution is 2.28. The number of anilines is 1. The van der Waals surface area contributed by atoms with E-state index in [1.807, 2.05) is 0 Å². The van der Waals surface area contributed by atoms with Crippen LogP contribution in [0.2, 0.25) is 0 Å². The number of aromatic nitrogens is 3. The number of hydrogen-bond acceptors (Lipinski definition) is 3. The first-order valence-electron chi connectivity index (χ1n) is 7.56. The van der Waals surface area contributed by atoms with Crippen molar-refractivity contribution in [2.75, 3.05) is 5.32 Å². The Balaban J connectivity index is 1.63. The fourth-order valence-corrected chi connectivity index (χ4v) is 3.05. The lowest BCUT2D eigenvalue weighted by Gasteiger charge is -2.29. The highest BCUT2D eigenvalue weighted by atomic mass is 15.5. The summed E-state index contributed by atoms with van der Waals surface area (Å²) in [4.78, 5) is 1.63.